The van der Waals surface area contributed by atoms with Gasteiger partial charge < -0.3 is 10.0 Å². The van der Waals surface area contributed by atoms with Gasteiger partial charge in [-0.05, 0) is 49.3 Å². The molecule has 1 amide bonds. The zero-order valence-corrected chi connectivity index (χ0v) is 17.6. The number of likely N-dealkylation sites (tertiary alicyclic amines) is 2. The lowest BCUT2D eigenvalue weighted by molar-refractivity contribution is -0.145. The molecule has 2 aliphatic heterocycles. The lowest BCUT2D eigenvalue weighted by Gasteiger charge is -2.46. The summed E-state index contributed by atoms with van der Waals surface area (Å²) in [4.78, 5) is 22.0. The van der Waals surface area contributed by atoms with E-state index < -0.39 is 0 Å². The van der Waals surface area contributed by atoms with E-state index in [1.165, 1.54) is 10.9 Å². The largest absolute Gasteiger partial charge is 0.394 e. The van der Waals surface area contributed by atoms with E-state index >= 15 is 0 Å². The first-order valence-corrected chi connectivity index (χ1v) is 11.1. The molecule has 29 heavy (non-hydrogen) atoms. The molecule has 0 spiro atoms. The Hall–Kier alpha value is -1.98. The third-order valence-corrected chi connectivity index (χ3v) is 6.81. The summed E-state index contributed by atoms with van der Waals surface area (Å²) in [5.74, 6) is 0.973. The molecule has 5 heteroatoms. The molecule has 3 heterocycles. The molecular formula is C24H33N3O2. The van der Waals surface area contributed by atoms with E-state index in [0.717, 1.165) is 44.4 Å². The number of hydrogen-bond donors (Lipinski definition) is 1. The minimum absolute atomic E-state index is 0.0536. The molecule has 2 aromatic rings. The highest BCUT2D eigenvalue weighted by atomic mass is 16.3. The molecule has 0 radical (unpaired) electrons. The number of amides is 1. The molecule has 0 bridgehead atoms. The second kappa shape index (κ2) is 8.80. The number of rotatable bonds is 5. The Labute approximate surface area is 173 Å². The van der Waals surface area contributed by atoms with Gasteiger partial charge in [-0.2, -0.15) is 0 Å². The quantitative estimate of drug-likeness (QED) is 0.842. The van der Waals surface area contributed by atoms with Crippen LogP contribution in [0.2, 0.25) is 0 Å². The number of nitrogens with zero attached hydrogens (tertiary/aromatic N) is 3. The standard InChI is InChI=1S/C24H33N3O2/c1-17(2)22(16-28)27-21-9-5-13-26(14-19(21)10-11-23(27)29)15-20-7-3-6-18-8-4-12-25-24(18)20/h3-4,6-8,12,17,19,21-22,28H,5,9-11,13-16H2,1-2H3/t19-,21?,22-/m1/s1. The molecule has 1 unspecified atom stereocenters. The Morgan fingerprint density at radius 2 is 2.03 bits per heavy atom. The molecule has 0 aliphatic carbocycles. The van der Waals surface area contributed by atoms with Crippen LogP contribution in [0.25, 0.3) is 10.9 Å². The lowest BCUT2D eigenvalue weighted by atomic mass is 9.84. The molecule has 2 fully saturated rings. The molecule has 1 aromatic heterocycles. The molecule has 0 saturated carbocycles. The maximum Gasteiger partial charge on any atom is 0.223 e. The zero-order valence-electron chi connectivity index (χ0n) is 17.6. The highest BCUT2D eigenvalue weighted by molar-refractivity contribution is 5.81. The van der Waals surface area contributed by atoms with Crippen LogP contribution < -0.4 is 0 Å². The van der Waals surface area contributed by atoms with E-state index in [2.05, 4.69) is 52.9 Å². The first-order chi connectivity index (χ1) is 14.1. The van der Waals surface area contributed by atoms with E-state index in [1.807, 2.05) is 12.3 Å². The van der Waals surface area contributed by atoms with Crippen molar-refractivity contribution < 1.29 is 9.90 Å². The minimum atomic E-state index is -0.0656. The maximum atomic E-state index is 12.8. The van der Waals surface area contributed by atoms with Crippen LogP contribution in [0.1, 0.15) is 45.1 Å². The van der Waals surface area contributed by atoms with Crippen molar-refractivity contribution in [1.29, 1.82) is 0 Å². The predicted octanol–water partition coefficient (Wildman–Crippen LogP) is 3.45. The van der Waals surface area contributed by atoms with Crippen molar-refractivity contribution in [1.82, 2.24) is 14.8 Å². The average Bonchev–Trinajstić information content (AvgIpc) is 2.92. The molecule has 4 rings (SSSR count). The first kappa shape index (κ1) is 20.3. The number of aromatic nitrogens is 1. The van der Waals surface area contributed by atoms with Crippen LogP contribution in [0, 0.1) is 11.8 Å². The van der Waals surface area contributed by atoms with Crippen LogP contribution in [-0.4, -0.2) is 57.6 Å². The number of para-hydroxylation sites is 1. The molecule has 2 saturated heterocycles. The van der Waals surface area contributed by atoms with Crippen LogP contribution >= 0.6 is 0 Å². The SMILES string of the molecule is CC(C)[C@@H](CO)N1C(=O)CC[C@@H]2CN(Cc3cccc4cccnc34)CCCC21. The van der Waals surface area contributed by atoms with E-state index in [9.17, 15) is 9.90 Å². The Morgan fingerprint density at radius 3 is 2.83 bits per heavy atom. The molecule has 5 nitrogen and oxygen atoms in total. The van der Waals surface area contributed by atoms with Crippen LogP contribution in [0.5, 0.6) is 0 Å². The van der Waals surface area contributed by atoms with Gasteiger partial charge in [-0.1, -0.05) is 38.1 Å². The molecule has 1 N–H and O–H groups in total. The van der Waals surface area contributed by atoms with Crippen molar-refractivity contribution in [2.45, 2.75) is 58.2 Å². The summed E-state index contributed by atoms with van der Waals surface area (Å²) in [5.41, 5.74) is 2.37. The summed E-state index contributed by atoms with van der Waals surface area (Å²) in [7, 11) is 0. The third-order valence-electron chi connectivity index (χ3n) is 6.81. The third kappa shape index (κ3) is 4.17. The van der Waals surface area contributed by atoms with Crippen molar-refractivity contribution in [2.24, 2.45) is 11.8 Å². The molecule has 2 aliphatic rings. The number of pyridine rings is 1. The predicted molar refractivity (Wildman–Crippen MR) is 115 cm³/mol. The van der Waals surface area contributed by atoms with Gasteiger partial charge in [-0.25, -0.2) is 0 Å². The van der Waals surface area contributed by atoms with Crippen LogP contribution in [0.15, 0.2) is 36.5 Å². The highest BCUT2D eigenvalue weighted by Gasteiger charge is 2.41. The van der Waals surface area contributed by atoms with Gasteiger partial charge in [0.2, 0.25) is 5.91 Å². The Kier molecular flexibility index (Phi) is 6.16. The zero-order chi connectivity index (χ0) is 20.4. The van der Waals surface area contributed by atoms with Gasteiger partial charge >= 0.3 is 0 Å². The normalized spacial score (nSPS) is 24.6. The van der Waals surface area contributed by atoms with Crippen molar-refractivity contribution in [3.8, 4) is 0 Å². The summed E-state index contributed by atoms with van der Waals surface area (Å²) in [6, 6.07) is 10.7. The van der Waals surface area contributed by atoms with Gasteiger partial charge in [0.25, 0.3) is 0 Å². The number of hydrogen-bond acceptors (Lipinski definition) is 4. The monoisotopic (exact) mass is 395 g/mol. The summed E-state index contributed by atoms with van der Waals surface area (Å²) in [6.45, 7) is 7.22. The fourth-order valence-electron chi connectivity index (χ4n) is 5.31. The Morgan fingerprint density at radius 1 is 1.21 bits per heavy atom. The van der Waals surface area contributed by atoms with Crippen molar-refractivity contribution in [2.75, 3.05) is 19.7 Å². The van der Waals surface area contributed by atoms with Gasteiger partial charge in [0, 0.05) is 37.1 Å². The second-order valence-electron chi connectivity index (χ2n) is 9.03. The smallest absolute Gasteiger partial charge is 0.223 e. The summed E-state index contributed by atoms with van der Waals surface area (Å²) in [6.07, 6.45) is 5.55. The highest BCUT2D eigenvalue weighted by Crippen LogP contribution is 2.34. The first-order valence-electron chi connectivity index (χ1n) is 11.1. The van der Waals surface area contributed by atoms with Gasteiger partial charge in [0.15, 0.2) is 0 Å². The molecule has 1 aromatic carbocycles. The van der Waals surface area contributed by atoms with Crippen molar-refractivity contribution in [3.05, 3.63) is 42.1 Å². The van der Waals surface area contributed by atoms with Gasteiger partial charge in [0.1, 0.15) is 0 Å². The van der Waals surface area contributed by atoms with E-state index in [0.29, 0.717) is 12.3 Å². The van der Waals surface area contributed by atoms with Crippen LogP contribution in [0.4, 0.5) is 0 Å². The van der Waals surface area contributed by atoms with Gasteiger partial charge in [-0.3, -0.25) is 14.7 Å². The van der Waals surface area contributed by atoms with Gasteiger partial charge in [0.05, 0.1) is 18.2 Å². The minimum Gasteiger partial charge on any atom is -0.394 e. The number of fused-ring (bicyclic) bond motifs is 2. The number of carbonyl (C=O) groups is 1. The summed E-state index contributed by atoms with van der Waals surface area (Å²) >= 11 is 0. The number of aliphatic hydroxyl groups excluding tert-OH is 1. The molecular weight excluding hydrogens is 362 g/mol. The fraction of sp³-hybridized carbons (Fsp3) is 0.583. The number of benzene rings is 1. The van der Waals surface area contributed by atoms with Gasteiger partial charge in [-0.15, -0.1) is 0 Å². The summed E-state index contributed by atoms with van der Waals surface area (Å²) in [5, 5.41) is 11.2. The molecule has 156 valence electrons. The Balaban J connectivity index is 1.53. The van der Waals surface area contributed by atoms with Crippen molar-refractivity contribution in [3.63, 3.8) is 0 Å². The number of piperidine rings is 1. The molecule has 3 atom stereocenters. The fourth-order valence-corrected chi connectivity index (χ4v) is 5.31. The Bertz CT molecular complexity index is 848. The van der Waals surface area contributed by atoms with E-state index in [-0.39, 0.29) is 30.5 Å². The second-order valence-corrected chi connectivity index (χ2v) is 9.03. The number of aliphatic hydroxyl groups is 1. The number of carbonyl (C=O) groups excluding carboxylic acids is 1. The van der Waals surface area contributed by atoms with E-state index in [1.54, 1.807) is 0 Å². The van der Waals surface area contributed by atoms with Crippen LogP contribution in [-0.2, 0) is 11.3 Å². The summed E-state index contributed by atoms with van der Waals surface area (Å²) < 4.78 is 0. The van der Waals surface area contributed by atoms with Crippen molar-refractivity contribution >= 4 is 16.8 Å². The average molecular weight is 396 g/mol. The topological polar surface area (TPSA) is 56.7 Å². The lowest BCUT2D eigenvalue weighted by Crippen LogP contribution is -2.57. The van der Waals surface area contributed by atoms with E-state index in [4.69, 9.17) is 0 Å². The maximum absolute atomic E-state index is 12.8. The van der Waals surface area contributed by atoms with Crippen LogP contribution in [0.3, 0.4) is 0 Å².